The number of carbonyl (C=O) groups excluding carboxylic acids is 1. The van der Waals surface area contributed by atoms with Crippen molar-refractivity contribution in [3.05, 3.63) is 11.8 Å². The average Bonchev–Trinajstić information content (AvgIpc) is 2.12. The molecular weight excluding hydrogens is 212 g/mol. The number of aliphatic hydroxyl groups is 1. The number of hydrogen-bond acceptors (Lipinski definition) is 3. The van der Waals surface area contributed by atoms with Crippen LogP contribution in [0.4, 0.5) is 0 Å². The molecular formula is C11H18O3S. The van der Waals surface area contributed by atoms with Crippen molar-refractivity contribution in [2.24, 2.45) is 5.92 Å². The first-order valence-corrected chi connectivity index (χ1v) is 6.17. The lowest BCUT2D eigenvalue weighted by atomic mass is 9.90. The van der Waals surface area contributed by atoms with E-state index >= 15 is 0 Å². The summed E-state index contributed by atoms with van der Waals surface area (Å²) in [7, 11) is -1.41. The second kappa shape index (κ2) is 3.44. The van der Waals surface area contributed by atoms with Crippen molar-refractivity contribution in [3.8, 4) is 0 Å². The van der Waals surface area contributed by atoms with E-state index in [1.807, 2.05) is 13.8 Å². The molecule has 15 heavy (non-hydrogen) atoms. The Balaban J connectivity index is 3.38. The lowest BCUT2D eigenvalue weighted by molar-refractivity contribution is -0.117. The van der Waals surface area contributed by atoms with E-state index in [9.17, 15) is 14.1 Å². The van der Waals surface area contributed by atoms with Gasteiger partial charge in [-0.3, -0.25) is 9.00 Å². The zero-order chi connectivity index (χ0) is 12.0. The molecule has 2 atom stereocenters. The van der Waals surface area contributed by atoms with Gasteiger partial charge in [0.25, 0.3) is 0 Å². The molecule has 1 aliphatic rings. The monoisotopic (exact) mass is 230 g/mol. The van der Waals surface area contributed by atoms with Crippen LogP contribution in [0.5, 0.6) is 0 Å². The van der Waals surface area contributed by atoms with Gasteiger partial charge in [-0.1, -0.05) is 13.8 Å². The largest absolute Gasteiger partial charge is 0.511 e. The molecule has 0 amide bonds. The summed E-state index contributed by atoms with van der Waals surface area (Å²) in [4.78, 5) is 11.8. The summed E-state index contributed by atoms with van der Waals surface area (Å²) in [5.41, 5.74) is 0. The Morgan fingerprint density at radius 2 is 1.80 bits per heavy atom. The molecule has 0 aliphatic carbocycles. The first-order chi connectivity index (χ1) is 6.65. The van der Waals surface area contributed by atoms with E-state index in [1.54, 1.807) is 20.8 Å². The van der Waals surface area contributed by atoms with Gasteiger partial charge < -0.3 is 5.11 Å². The van der Waals surface area contributed by atoms with E-state index in [-0.39, 0.29) is 17.5 Å². The number of carbonyl (C=O) groups is 1. The fraction of sp³-hybridized carbons (Fsp3) is 0.727. The van der Waals surface area contributed by atoms with Crippen LogP contribution in [-0.4, -0.2) is 24.6 Å². The van der Waals surface area contributed by atoms with E-state index < -0.39 is 20.3 Å². The van der Waals surface area contributed by atoms with Gasteiger partial charge in [-0.2, -0.15) is 0 Å². The Labute approximate surface area is 93.0 Å². The first-order valence-electron chi connectivity index (χ1n) is 5.02. The van der Waals surface area contributed by atoms with Crippen molar-refractivity contribution >= 4 is 16.6 Å². The fourth-order valence-corrected chi connectivity index (χ4v) is 3.64. The molecule has 0 fully saturated rings. The second-order valence-corrected chi connectivity index (χ2v) is 7.34. The molecule has 1 aliphatic heterocycles. The van der Waals surface area contributed by atoms with Gasteiger partial charge >= 0.3 is 0 Å². The van der Waals surface area contributed by atoms with Gasteiger partial charge in [0, 0.05) is 16.9 Å². The van der Waals surface area contributed by atoms with Crippen LogP contribution >= 0.6 is 0 Å². The number of rotatable bonds is 1. The van der Waals surface area contributed by atoms with Gasteiger partial charge in [-0.25, -0.2) is 0 Å². The highest BCUT2D eigenvalue weighted by Crippen LogP contribution is 2.39. The van der Waals surface area contributed by atoms with Gasteiger partial charge in [0.05, 0.1) is 4.75 Å². The highest BCUT2D eigenvalue weighted by atomic mass is 32.2. The van der Waals surface area contributed by atoms with Gasteiger partial charge in [0.2, 0.25) is 0 Å². The van der Waals surface area contributed by atoms with Crippen LogP contribution in [0.25, 0.3) is 0 Å². The molecule has 86 valence electrons. The van der Waals surface area contributed by atoms with Crippen LogP contribution in [0.2, 0.25) is 0 Å². The normalized spacial score (nSPS) is 35.5. The molecule has 0 spiro atoms. The molecule has 1 rings (SSSR count). The minimum absolute atomic E-state index is 0.0190. The first kappa shape index (κ1) is 12.4. The predicted molar refractivity (Wildman–Crippen MR) is 61.2 cm³/mol. The Morgan fingerprint density at radius 3 is 2.20 bits per heavy atom. The molecule has 0 aromatic carbocycles. The summed E-state index contributed by atoms with van der Waals surface area (Å²) >= 11 is 0. The molecule has 1 heterocycles. The zero-order valence-electron chi connectivity index (χ0n) is 9.83. The molecule has 0 radical (unpaired) electrons. The maximum atomic E-state index is 12.3. The van der Waals surface area contributed by atoms with Crippen LogP contribution in [0, 0.1) is 5.92 Å². The van der Waals surface area contributed by atoms with Crippen LogP contribution in [0.3, 0.4) is 0 Å². The van der Waals surface area contributed by atoms with E-state index in [2.05, 4.69) is 0 Å². The Kier molecular flexibility index (Phi) is 2.85. The highest BCUT2D eigenvalue weighted by Gasteiger charge is 2.52. The number of ketones is 1. The second-order valence-electron chi connectivity index (χ2n) is 4.93. The van der Waals surface area contributed by atoms with E-state index in [0.29, 0.717) is 0 Å². The quantitative estimate of drug-likeness (QED) is 0.749. The van der Waals surface area contributed by atoms with Gasteiger partial charge in [0.15, 0.2) is 5.78 Å². The standard InChI is InChI=1S/C11H18O3S/c1-7(2)11(5)9(13)6-8(12)10(3,4)15(11)14/h6-7,12H,1-5H3. The molecule has 0 saturated heterocycles. The molecule has 0 aromatic rings. The summed E-state index contributed by atoms with van der Waals surface area (Å²) in [5, 5.41) is 9.64. The number of aliphatic hydroxyl groups excluding tert-OH is 1. The zero-order valence-corrected chi connectivity index (χ0v) is 10.6. The lowest BCUT2D eigenvalue weighted by Crippen LogP contribution is -2.55. The van der Waals surface area contributed by atoms with Crippen LogP contribution in [-0.2, 0) is 15.6 Å². The highest BCUT2D eigenvalue weighted by molar-refractivity contribution is 7.89. The van der Waals surface area contributed by atoms with E-state index in [1.165, 1.54) is 6.08 Å². The van der Waals surface area contributed by atoms with Crippen LogP contribution < -0.4 is 0 Å². The lowest BCUT2D eigenvalue weighted by Gasteiger charge is -2.40. The van der Waals surface area contributed by atoms with Crippen molar-refractivity contribution in [3.63, 3.8) is 0 Å². The Morgan fingerprint density at radius 1 is 1.33 bits per heavy atom. The Bertz CT molecular complexity index is 355. The molecule has 0 saturated carbocycles. The van der Waals surface area contributed by atoms with Crippen molar-refractivity contribution in [1.29, 1.82) is 0 Å². The van der Waals surface area contributed by atoms with E-state index in [0.717, 1.165) is 0 Å². The summed E-state index contributed by atoms with van der Waals surface area (Å²) in [6, 6.07) is 0. The van der Waals surface area contributed by atoms with Crippen molar-refractivity contribution in [2.45, 2.75) is 44.1 Å². The molecule has 1 N–H and O–H groups in total. The van der Waals surface area contributed by atoms with Gasteiger partial charge in [-0.15, -0.1) is 0 Å². The molecule has 0 aromatic heterocycles. The minimum Gasteiger partial charge on any atom is -0.511 e. The molecule has 0 bridgehead atoms. The smallest absolute Gasteiger partial charge is 0.177 e. The third-order valence-corrected chi connectivity index (χ3v) is 5.90. The van der Waals surface area contributed by atoms with E-state index in [4.69, 9.17) is 0 Å². The summed E-state index contributed by atoms with van der Waals surface area (Å²) in [6.45, 7) is 8.86. The molecule has 3 nitrogen and oxygen atoms in total. The van der Waals surface area contributed by atoms with Crippen molar-refractivity contribution in [1.82, 2.24) is 0 Å². The van der Waals surface area contributed by atoms with Crippen LogP contribution in [0.15, 0.2) is 11.8 Å². The third-order valence-electron chi connectivity index (χ3n) is 3.32. The summed E-state index contributed by atoms with van der Waals surface area (Å²) in [6.07, 6.45) is 1.22. The topological polar surface area (TPSA) is 54.4 Å². The summed E-state index contributed by atoms with van der Waals surface area (Å²) < 4.78 is 10.6. The maximum absolute atomic E-state index is 12.3. The molecule has 4 heteroatoms. The fourth-order valence-electron chi connectivity index (χ4n) is 1.66. The predicted octanol–water partition coefficient (Wildman–Crippen LogP) is 1.95. The van der Waals surface area contributed by atoms with Crippen LogP contribution in [0.1, 0.15) is 34.6 Å². The SMILES string of the molecule is CC(C)C1(C)C(=O)C=C(O)C(C)(C)S1=O. The number of allylic oxidation sites excluding steroid dienone is 1. The average molecular weight is 230 g/mol. The Hall–Kier alpha value is -0.640. The minimum atomic E-state index is -1.41. The number of hydrogen-bond donors (Lipinski definition) is 1. The maximum Gasteiger partial charge on any atom is 0.177 e. The summed E-state index contributed by atoms with van der Waals surface area (Å²) in [5.74, 6) is -0.342. The molecule has 2 unspecified atom stereocenters. The third kappa shape index (κ3) is 1.55. The van der Waals surface area contributed by atoms with Crippen molar-refractivity contribution in [2.75, 3.05) is 0 Å². The van der Waals surface area contributed by atoms with Gasteiger partial charge in [0.1, 0.15) is 10.5 Å². The van der Waals surface area contributed by atoms with Gasteiger partial charge in [-0.05, 0) is 26.7 Å². The van der Waals surface area contributed by atoms with Crippen molar-refractivity contribution < 1.29 is 14.1 Å².